The van der Waals surface area contributed by atoms with Crippen molar-refractivity contribution in [2.45, 2.75) is 25.3 Å². The van der Waals surface area contributed by atoms with Gasteiger partial charge in [0.05, 0.1) is 12.2 Å². The summed E-state index contributed by atoms with van der Waals surface area (Å²) in [6.07, 6.45) is 2.74. The second-order valence-corrected chi connectivity index (χ2v) is 2.75. The molecule has 0 saturated carbocycles. The Hall–Kier alpha value is -0.875. The van der Waals surface area contributed by atoms with E-state index in [-0.39, 0.29) is 7.41 Å². The molecule has 0 heterocycles. The minimum absolute atomic E-state index is 0.0829. The van der Waals surface area contributed by atoms with Gasteiger partial charge in [0.2, 0.25) is 0 Å². The number of aliphatic carboxylic acids is 1. The van der Waals surface area contributed by atoms with Gasteiger partial charge >= 0.3 is 5.97 Å². The molecule has 0 aliphatic heterocycles. The molecule has 0 radical (unpaired) electrons. The molecular formula is C7H15BN2O3. The van der Waals surface area contributed by atoms with Crippen molar-refractivity contribution in [1.29, 1.82) is 0 Å². The van der Waals surface area contributed by atoms with Gasteiger partial charge in [-0.3, -0.25) is 4.79 Å². The normalized spacial score (nSPS) is 12.1. The maximum atomic E-state index is 10.6. The summed E-state index contributed by atoms with van der Waals surface area (Å²) in [5, 5.41) is 11.3. The first-order valence-electron chi connectivity index (χ1n) is 4.32. The number of unbranched alkanes of at least 4 members (excludes halogenated alkanes) is 1. The number of hydrogen-bond donors (Lipinski definition) is 3. The number of carboxylic acid groups (broad SMARTS) is 1. The molecule has 0 aromatic rings. The van der Waals surface area contributed by atoms with E-state index in [0.717, 1.165) is 12.8 Å². The van der Waals surface area contributed by atoms with Crippen LogP contribution in [-0.2, 0) is 9.59 Å². The highest BCUT2D eigenvalue weighted by Crippen LogP contribution is 1.99. The van der Waals surface area contributed by atoms with Crippen LogP contribution in [0, 0.1) is 0 Å². The molecule has 6 heteroatoms. The fourth-order valence-electron chi connectivity index (χ4n) is 0.996. The largest absolute Gasteiger partial charge is 0.480 e. The molecule has 1 atom stereocenters. The van der Waals surface area contributed by atoms with Crippen LogP contribution in [-0.4, -0.2) is 37.3 Å². The molecule has 0 rings (SSSR count). The maximum absolute atomic E-state index is 10.6. The lowest BCUT2D eigenvalue weighted by Gasteiger charge is -2.11. The van der Waals surface area contributed by atoms with Crippen LogP contribution in [0.3, 0.4) is 0 Å². The summed E-state index contributed by atoms with van der Waals surface area (Å²) in [5.74, 6) is -0.918. The van der Waals surface area contributed by atoms with Crippen LogP contribution in [0.15, 0.2) is 0 Å². The summed E-state index contributed by atoms with van der Waals surface area (Å²) < 4.78 is 0. The summed E-state index contributed by atoms with van der Waals surface area (Å²) in [5.41, 5.74) is 5.27. The van der Waals surface area contributed by atoms with Gasteiger partial charge in [0.25, 0.3) is 7.41 Å². The summed E-state index contributed by atoms with van der Waals surface area (Å²) in [4.78, 5) is 20.6. The molecule has 0 amide bonds. The first-order chi connectivity index (χ1) is 6.22. The quantitative estimate of drug-likeness (QED) is 0.249. The van der Waals surface area contributed by atoms with Crippen molar-refractivity contribution in [2.75, 3.05) is 6.54 Å². The SMILES string of the molecule is NCCCCC(NBC=O)C(=O)O. The number of hydrogen-bond acceptors (Lipinski definition) is 4. The van der Waals surface area contributed by atoms with E-state index in [4.69, 9.17) is 10.8 Å². The molecule has 0 spiro atoms. The molecule has 0 aliphatic rings. The highest BCUT2D eigenvalue weighted by atomic mass is 16.4. The molecule has 0 bridgehead atoms. The van der Waals surface area contributed by atoms with Gasteiger partial charge in [-0.2, -0.15) is 0 Å². The van der Waals surface area contributed by atoms with Crippen LogP contribution in [0.4, 0.5) is 0 Å². The molecular weight excluding hydrogens is 171 g/mol. The molecule has 0 aromatic heterocycles. The predicted molar refractivity (Wildman–Crippen MR) is 51.4 cm³/mol. The Balaban J connectivity index is 3.66. The van der Waals surface area contributed by atoms with Gasteiger partial charge in [0, 0.05) is 0 Å². The average Bonchev–Trinajstić information content (AvgIpc) is 2.10. The van der Waals surface area contributed by atoms with E-state index in [1.54, 1.807) is 0 Å². The highest BCUT2D eigenvalue weighted by Gasteiger charge is 2.15. The van der Waals surface area contributed by atoms with Gasteiger partial charge in [-0.25, -0.2) is 0 Å². The second-order valence-electron chi connectivity index (χ2n) is 2.75. The second kappa shape index (κ2) is 7.76. The molecule has 74 valence electrons. The average molecular weight is 186 g/mol. The zero-order valence-electron chi connectivity index (χ0n) is 7.53. The van der Waals surface area contributed by atoms with Crippen molar-refractivity contribution < 1.29 is 14.7 Å². The van der Waals surface area contributed by atoms with E-state index in [1.165, 1.54) is 0 Å². The zero-order chi connectivity index (χ0) is 10.1. The monoisotopic (exact) mass is 186 g/mol. The summed E-state index contributed by atoms with van der Waals surface area (Å²) in [6.45, 7) is 0.569. The van der Waals surface area contributed by atoms with Gasteiger partial charge in [-0.15, -0.1) is 0 Å². The molecule has 4 N–H and O–H groups in total. The number of nitrogens with one attached hydrogen (secondary N) is 1. The van der Waals surface area contributed by atoms with Crippen LogP contribution in [0.5, 0.6) is 0 Å². The van der Waals surface area contributed by atoms with Crippen molar-refractivity contribution >= 4 is 19.6 Å². The third-order valence-electron chi connectivity index (χ3n) is 1.69. The van der Waals surface area contributed by atoms with Crippen molar-refractivity contribution in [2.24, 2.45) is 5.73 Å². The number of nitrogens with two attached hydrogens (primary N) is 1. The van der Waals surface area contributed by atoms with Gasteiger partial charge in [-0.05, 0) is 19.4 Å². The molecule has 0 aromatic carbocycles. The van der Waals surface area contributed by atoms with E-state index in [1.807, 2.05) is 0 Å². The topological polar surface area (TPSA) is 92.4 Å². The lowest BCUT2D eigenvalue weighted by Crippen LogP contribution is -2.39. The number of rotatable bonds is 8. The van der Waals surface area contributed by atoms with Gasteiger partial charge < -0.3 is 20.9 Å². The van der Waals surface area contributed by atoms with Crippen molar-refractivity contribution in [3.05, 3.63) is 0 Å². The third-order valence-corrected chi connectivity index (χ3v) is 1.69. The highest BCUT2D eigenvalue weighted by molar-refractivity contribution is 6.64. The lowest BCUT2D eigenvalue weighted by molar-refractivity contribution is -0.139. The Morgan fingerprint density at radius 2 is 2.31 bits per heavy atom. The van der Waals surface area contributed by atoms with Crippen molar-refractivity contribution in [3.8, 4) is 0 Å². The molecule has 5 nitrogen and oxygen atoms in total. The minimum Gasteiger partial charge on any atom is -0.480 e. The fraction of sp³-hybridized carbons (Fsp3) is 0.714. The maximum Gasteiger partial charge on any atom is 0.319 e. The summed E-state index contributed by atoms with van der Waals surface area (Å²) >= 11 is 0. The van der Waals surface area contributed by atoms with Gasteiger partial charge in [0.15, 0.2) is 0 Å². The van der Waals surface area contributed by atoms with Crippen LogP contribution >= 0.6 is 0 Å². The van der Waals surface area contributed by atoms with Crippen molar-refractivity contribution in [1.82, 2.24) is 5.23 Å². The zero-order valence-corrected chi connectivity index (χ0v) is 7.53. The lowest BCUT2D eigenvalue weighted by atomic mass is 9.95. The van der Waals surface area contributed by atoms with Crippen LogP contribution in [0.25, 0.3) is 0 Å². The predicted octanol–water partition coefficient (Wildman–Crippen LogP) is -1.30. The van der Waals surface area contributed by atoms with E-state index in [9.17, 15) is 9.59 Å². The molecule has 13 heavy (non-hydrogen) atoms. The van der Waals surface area contributed by atoms with Gasteiger partial charge in [0.1, 0.15) is 0 Å². The Morgan fingerprint density at radius 1 is 1.62 bits per heavy atom. The van der Waals surface area contributed by atoms with Crippen LogP contribution < -0.4 is 11.0 Å². The van der Waals surface area contributed by atoms with Crippen LogP contribution in [0.2, 0.25) is 0 Å². The minimum atomic E-state index is -0.918. The van der Waals surface area contributed by atoms with E-state index in [2.05, 4.69) is 5.23 Å². The molecule has 0 fully saturated rings. The number of carboxylic acids is 1. The summed E-state index contributed by atoms with van der Waals surface area (Å²) in [6, 6.07) is -0.628. The van der Waals surface area contributed by atoms with Crippen molar-refractivity contribution in [3.63, 3.8) is 0 Å². The Bertz CT molecular complexity index is 166. The Labute approximate surface area is 77.9 Å². The van der Waals surface area contributed by atoms with E-state index >= 15 is 0 Å². The number of carbonyl (C=O) groups is 2. The smallest absolute Gasteiger partial charge is 0.319 e. The molecule has 0 aliphatic carbocycles. The van der Waals surface area contributed by atoms with E-state index in [0.29, 0.717) is 19.2 Å². The first-order valence-corrected chi connectivity index (χ1v) is 4.32. The molecule has 0 saturated heterocycles. The van der Waals surface area contributed by atoms with Gasteiger partial charge in [-0.1, -0.05) is 6.42 Å². The Kier molecular flexibility index (Phi) is 7.24. The van der Waals surface area contributed by atoms with E-state index < -0.39 is 12.0 Å². The Morgan fingerprint density at radius 3 is 2.77 bits per heavy atom. The number of carbonyl (C=O) groups excluding carboxylic acids is 1. The third kappa shape index (κ3) is 6.30. The summed E-state index contributed by atoms with van der Waals surface area (Å²) in [7, 11) is 0.0829. The standard InChI is InChI=1S/C7H15BN2O3/c9-4-2-1-3-6(7(12)13)10-8-5-11/h5-6,8,10H,1-4,9H2,(H,12,13). The van der Waals surface area contributed by atoms with Crippen LogP contribution in [0.1, 0.15) is 19.3 Å². The first kappa shape index (κ1) is 12.1. The molecule has 1 unspecified atom stereocenters. The fourth-order valence-corrected chi connectivity index (χ4v) is 0.996.